The fourth-order valence-corrected chi connectivity index (χ4v) is 1.81. The van der Waals surface area contributed by atoms with Gasteiger partial charge in [0.2, 0.25) is 0 Å². The van der Waals surface area contributed by atoms with Gasteiger partial charge in [0.1, 0.15) is 0 Å². The number of hydrogen-bond donors (Lipinski definition) is 2. The molecule has 1 aliphatic heterocycles. The molecule has 0 amide bonds. The van der Waals surface area contributed by atoms with E-state index in [0.29, 0.717) is 0 Å². The summed E-state index contributed by atoms with van der Waals surface area (Å²) in [4.78, 5) is 0. The van der Waals surface area contributed by atoms with Crippen LogP contribution in [0.2, 0.25) is 0 Å². The number of rotatable bonds is 3. The maximum absolute atomic E-state index is 10.3. The van der Waals surface area contributed by atoms with E-state index in [4.69, 9.17) is 0 Å². The van der Waals surface area contributed by atoms with Crippen LogP contribution in [-0.4, -0.2) is 23.8 Å². The molecule has 0 aromatic carbocycles. The van der Waals surface area contributed by atoms with Gasteiger partial charge in [-0.3, -0.25) is 0 Å². The molecule has 2 N–H and O–H groups in total. The van der Waals surface area contributed by atoms with Gasteiger partial charge in [0.25, 0.3) is 0 Å². The van der Waals surface area contributed by atoms with Crippen LogP contribution in [0.1, 0.15) is 26.2 Å². The number of piperidine rings is 1. The second kappa shape index (κ2) is 4.58. The van der Waals surface area contributed by atoms with E-state index < -0.39 is 5.60 Å². The van der Waals surface area contributed by atoms with Crippen molar-refractivity contribution in [2.45, 2.75) is 31.8 Å². The number of aliphatic hydroxyl groups is 1. The van der Waals surface area contributed by atoms with Crippen LogP contribution in [0.15, 0.2) is 24.3 Å². The SMILES string of the molecule is C=C/C(=C\CC)C1(O)CCNCC1. The molecule has 0 spiro atoms. The second-order valence-corrected chi connectivity index (χ2v) is 3.55. The van der Waals surface area contributed by atoms with Crippen molar-refractivity contribution < 1.29 is 5.11 Å². The van der Waals surface area contributed by atoms with Crippen molar-refractivity contribution in [3.8, 4) is 0 Å². The first kappa shape index (κ1) is 10.5. The first-order valence-electron chi connectivity index (χ1n) is 4.99. The van der Waals surface area contributed by atoms with Gasteiger partial charge in [-0.1, -0.05) is 25.7 Å². The third kappa shape index (κ3) is 2.42. The molecule has 0 aromatic rings. The Morgan fingerprint density at radius 3 is 2.62 bits per heavy atom. The van der Waals surface area contributed by atoms with Crippen LogP contribution >= 0.6 is 0 Å². The predicted octanol–water partition coefficient (Wildman–Crippen LogP) is 1.62. The Balaban J connectivity index is 2.74. The molecule has 0 atom stereocenters. The highest BCUT2D eigenvalue weighted by molar-refractivity contribution is 5.28. The Hall–Kier alpha value is -0.600. The van der Waals surface area contributed by atoms with Crippen LogP contribution in [0.4, 0.5) is 0 Å². The van der Waals surface area contributed by atoms with Crippen LogP contribution < -0.4 is 5.32 Å². The van der Waals surface area contributed by atoms with Gasteiger partial charge < -0.3 is 10.4 Å². The molecule has 0 unspecified atom stereocenters. The molecule has 0 radical (unpaired) electrons. The Kier molecular flexibility index (Phi) is 3.70. The molecule has 1 saturated heterocycles. The maximum atomic E-state index is 10.3. The van der Waals surface area contributed by atoms with Crippen molar-refractivity contribution in [2.24, 2.45) is 0 Å². The average molecular weight is 181 g/mol. The van der Waals surface area contributed by atoms with Gasteiger partial charge >= 0.3 is 0 Å². The normalized spacial score (nSPS) is 22.8. The van der Waals surface area contributed by atoms with Gasteiger partial charge in [0, 0.05) is 0 Å². The highest BCUT2D eigenvalue weighted by Crippen LogP contribution is 2.27. The van der Waals surface area contributed by atoms with Crippen molar-refractivity contribution in [2.75, 3.05) is 13.1 Å². The molecule has 0 aromatic heterocycles. The van der Waals surface area contributed by atoms with Gasteiger partial charge in [-0.25, -0.2) is 0 Å². The standard InChI is InChI=1S/C11H19NO/c1-3-5-10(4-2)11(13)6-8-12-9-7-11/h4-5,12-13H,2-3,6-9H2,1H3/b10-5+. The minimum atomic E-state index is -0.622. The van der Waals surface area contributed by atoms with E-state index in [1.165, 1.54) is 0 Å². The quantitative estimate of drug-likeness (QED) is 0.648. The second-order valence-electron chi connectivity index (χ2n) is 3.55. The van der Waals surface area contributed by atoms with Crippen LogP contribution in [0.25, 0.3) is 0 Å². The van der Waals surface area contributed by atoms with Gasteiger partial charge in [-0.05, 0) is 37.9 Å². The van der Waals surface area contributed by atoms with Gasteiger partial charge in [0.05, 0.1) is 5.60 Å². The molecule has 1 heterocycles. The smallest absolute Gasteiger partial charge is 0.0917 e. The lowest BCUT2D eigenvalue weighted by Crippen LogP contribution is -2.42. The largest absolute Gasteiger partial charge is 0.385 e. The van der Waals surface area contributed by atoms with E-state index in [0.717, 1.165) is 37.9 Å². The third-order valence-electron chi connectivity index (χ3n) is 2.61. The summed E-state index contributed by atoms with van der Waals surface area (Å²) in [6, 6.07) is 0. The molecule has 1 rings (SSSR count). The molecule has 2 nitrogen and oxygen atoms in total. The molecule has 0 aliphatic carbocycles. The van der Waals surface area contributed by atoms with Crippen LogP contribution in [0.3, 0.4) is 0 Å². The number of allylic oxidation sites excluding steroid dienone is 1. The Morgan fingerprint density at radius 2 is 2.15 bits per heavy atom. The van der Waals surface area contributed by atoms with Crippen molar-refractivity contribution in [3.63, 3.8) is 0 Å². The summed E-state index contributed by atoms with van der Waals surface area (Å²) < 4.78 is 0. The van der Waals surface area contributed by atoms with E-state index in [-0.39, 0.29) is 0 Å². The molecule has 2 heteroatoms. The summed E-state index contributed by atoms with van der Waals surface area (Å²) in [5.74, 6) is 0. The predicted molar refractivity (Wildman–Crippen MR) is 55.6 cm³/mol. The van der Waals surface area contributed by atoms with Gasteiger partial charge in [-0.2, -0.15) is 0 Å². The van der Waals surface area contributed by atoms with Crippen LogP contribution in [0.5, 0.6) is 0 Å². The van der Waals surface area contributed by atoms with Crippen molar-refractivity contribution in [1.29, 1.82) is 0 Å². The molecule has 0 saturated carbocycles. The molecular weight excluding hydrogens is 162 g/mol. The Labute approximate surface area is 80.3 Å². The Morgan fingerprint density at radius 1 is 1.54 bits per heavy atom. The van der Waals surface area contributed by atoms with Gasteiger partial charge in [0.15, 0.2) is 0 Å². The first-order valence-corrected chi connectivity index (χ1v) is 4.99. The minimum absolute atomic E-state index is 0.622. The van der Waals surface area contributed by atoms with E-state index in [2.05, 4.69) is 24.9 Å². The lowest BCUT2D eigenvalue weighted by Gasteiger charge is -2.33. The fourth-order valence-electron chi connectivity index (χ4n) is 1.81. The third-order valence-corrected chi connectivity index (χ3v) is 2.61. The molecular formula is C11H19NO. The zero-order valence-electron chi connectivity index (χ0n) is 8.34. The average Bonchev–Trinajstić information content (AvgIpc) is 2.15. The molecule has 1 aliphatic rings. The lowest BCUT2D eigenvalue weighted by atomic mass is 9.84. The first-order chi connectivity index (χ1) is 6.23. The zero-order valence-corrected chi connectivity index (χ0v) is 8.34. The monoisotopic (exact) mass is 181 g/mol. The zero-order chi connectivity index (χ0) is 9.73. The Bertz CT molecular complexity index is 202. The van der Waals surface area contributed by atoms with E-state index in [9.17, 15) is 5.11 Å². The highest BCUT2D eigenvalue weighted by Gasteiger charge is 2.31. The summed E-state index contributed by atoms with van der Waals surface area (Å²) in [5.41, 5.74) is 0.375. The van der Waals surface area contributed by atoms with Crippen molar-refractivity contribution >= 4 is 0 Å². The summed E-state index contributed by atoms with van der Waals surface area (Å²) in [5, 5.41) is 13.5. The topological polar surface area (TPSA) is 32.3 Å². The summed E-state index contributed by atoms with van der Waals surface area (Å²) in [6.45, 7) is 7.62. The fraction of sp³-hybridized carbons (Fsp3) is 0.636. The maximum Gasteiger partial charge on any atom is 0.0917 e. The molecule has 0 bridgehead atoms. The van der Waals surface area contributed by atoms with E-state index in [1.54, 1.807) is 6.08 Å². The van der Waals surface area contributed by atoms with Gasteiger partial charge in [-0.15, -0.1) is 0 Å². The summed E-state index contributed by atoms with van der Waals surface area (Å²) >= 11 is 0. The summed E-state index contributed by atoms with van der Waals surface area (Å²) in [6.07, 6.45) is 6.40. The number of hydrogen-bond acceptors (Lipinski definition) is 2. The molecule has 1 fully saturated rings. The minimum Gasteiger partial charge on any atom is -0.385 e. The molecule has 74 valence electrons. The van der Waals surface area contributed by atoms with Crippen LogP contribution in [0, 0.1) is 0 Å². The van der Waals surface area contributed by atoms with Crippen LogP contribution in [-0.2, 0) is 0 Å². The lowest BCUT2D eigenvalue weighted by molar-refractivity contribution is 0.0495. The highest BCUT2D eigenvalue weighted by atomic mass is 16.3. The summed E-state index contributed by atoms with van der Waals surface area (Å²) in [7, 11) is 0. The molecule has 13 heavy (non-hydrogen) atoms. The van der Waals surface area contributed by atoms with Crippen molar-refractivity contribution in [3.05, 3.63) is 24.3 Å². The van der Waals surface area contributed by atoms with Crippen molar-refractivity contribution in [1.82, 2.24) is 5.32 Å². The van der Waals surface area contributed by atoms with E-state index in [1.807, 2.05) is 0 Å². The van der Waals surface area contributed by atoms with E-state index >= 15 is 0 Å². The number of nitrogens with one attached hydrogen (secondary N) is 1.